The maximum atomic E-state index is 14.9. The Morgan fingerprint density at radius 2 is 1.83 bits per heavy atom. The zero-order chi connectivity index (χ0) is 24.6. The Bertz CT molecular complexity index is 949. The van der Waals surface area contributed by atoms with Crippen LogP contribution in [0.15, 0.2) is 30.5 Å². The van der Waals surface area contributed by atoms with Gasteiger partial charge in [0.2, 0.25) is 0 Å². The third-order valence-corrected chi connectivity index (χ3v) is 7.36. The maximum absolute atomic E-state index is 14.9. The van der Waals surface area contributed by atoms with Crippen LogP contribution in [-0.4, -0.2) is 56.6 Å². The molecule has 1 aromatic carbocycles. The number of hydrogen-bond donors (Lipinski definition) is 3. The average molecular weight is 505 g/mol. The number of anilines is 2. The normalized spacial score (nSPS) is 22.1. The minimum Gasteiger partial charge on any atom is -0.385 e. The van der Waals surface area contributed by atoms with E-state index in [0.29, 0.717) is 40.2 Å². The molecule has 1 aromatic heterocycles. The molecule has 4 rings (SSSR count). The highest BCUT2D eigenvalue weighted by molar-refractivity contribution is 6.33. The molecule has 0 amide bonds. The van der Waals surface area contributed by atoms with E-state index in [1.807, 2.05) is 12.1 Å². The van der Waals surface area contributed by atoms with Gasteiger partial charge in [-0.2, -0.15) is 0 Å². The highest BCUT2D eigenvalue weighted by Crippen LogP contribution is 2.34. The summed E-state index contributed by atoms with van der Waals surface area (Å²) >= 11 is 6.48. The first-order valence-electron chi connectivity index (χ1n) is 12.8. The lowest BCUT2D eigenvalue weighted by Gasteiger charge is -2.32. The monoisotopic (exact) mass is 504 g/mol. The van der Waals surface area contributed by atoms with E-state index in [1.54, 1.807) is 19.4 Å². The van der Waals surface area contributed by atoms with Crippen molar-refractivity contribution < 1.29 is 13.9 Å². The fourth-order valence-electron chi connectivity index (χ4n) is 5.09. The fraction of sp³-hybridized carbons (Fsp3) is 0.593. The van der Waals surface area contributed by atoms with Crippen LogP contribution in [0.1, 0.15) is 45.4 Å². The fourth-order valence-corrected chi connectivity index (χ4v) is 5.30. The number of ether oxygens (including phenoxy) is 2. The summed E-state index contributed by atoms with van der Waals surface area (Å²) in [5.41, 5.74) is 2.03. The van der Waals surface area contributed by atoms with Gasteiger partial charge in [0.05, 0.1) is 11.6 Å². The first-order chi connectivity index (χ1) is 17.0. The van der Waals surface area contributed by atoms with Gasteiger partial charge in [-0.15, -0.1) is 0 Å². The van der Waals surface area contributed by atoms with Crippen molar-refractivity contribution in [3.63, 3.8) is 0 Å². The van der Waals surface area contributed by atoms with Crippen LogP contribution in [0, 0.1) is 11.7 Å². The lowest BCUT2D eigenvalue weighted by atomic mass is 9.90. The number of halogens is 2. The van der Waals surface area contributed by atoms with Crippen molar-refractivity contribution in [2.45, 2.75) is 63.6 Å². The number of nitrogens with one attached hydrogen (secondary N) is 3. The molecule has 3 N–H and O–H groups in total. The summed E-state index contributed by atoms with van der Waals surface area (Å²) in [4.78, 5) is 4.47. The smallest absolute Gasteiger partial charge is 0.131 e. The summed E-state index contributed by atoms with van der Waals surface area (Å²) in [7, 11) is 1.73. The van der Waals surface area contributed by atoms with Gasteiger partial charge in [-0.05, 0) is 75.6 Å². The molecule has 0 spiro atoms. The second-order valence-electron chi connectivity index (χ2n) is 9.90. The Kier molecular flexibility index (Phi) is 9.60. The topological polar surface area (TPSA) is 67.4 Å². The molecule has 1 saturated heterocycles. The van der Waals surface area contributed by atoms with Crippen LogP contribution in [0.4, 0.5) is 15.9 Å². The van der Waals surface area contributed by atoms with Crippen molar-refractivity contribution in [3.05, 3.63) is 41.3 Å². The molecule has 2 fully saturated rings. The lowest BCUT2D eigenvalue weighted by Crippen LogP contribution is -2.42. The highest BCUT2D eigenvalue weighted by atomic mass is 35.5. The van der Waals surface area contributed by atoms with Crippen LogP contribution in [0.25, 0.3) is 11.1 Å². The third kappa shape index (κ3) is 7.53. The Balaban J connectivity index is 1.38. The van der Waals surface area contributed by atoms with E-state index < -0.39 is 0 Å². The van der Waals surface area contributed by atoms with Crippen molar-refractivity contribution in [1.82, 2.24) is 10.3 Å². The molecule has 6 nitrogen and oxygen atoms in total. The first kappa shape index (κ1) is 26.1. The molecule has 0 radical (unpaired) electrons. The quantitative estimate of drug-likeness (QED) is 0.384. The molecule has 1 atom stereocenters. The van der Waals surface area contributed by atoms with E-state index in [2.05, 4.69) is 27.9 Å². The van der Waals surface area contributed by atoms with Crippen LogP contribution < -0.4 is 16.0 Å². The molecular weight excluding hydrogens is 467 g/mol. The number of hydrogen-bond acceptors (Lipinski definition) is 6. The number of pyridine rings is 1. The van der Waals surface area contributed by atoms with Gasteiger partial charge in [0, 0.05) is 68.0 Å². The van der Waals surface area contributed by atoms with E-state index in [0.717, 1.165) is 76.4 Å². The molecule has 2 aromatic rings. The van der Waals surface area contributed by atoms with Crippen LogP contribution in [0.3, 0.4) is 0 Å². The van der Waals surface area contributed by atoms with Gasteiger partial charge in [-0.1, -0.05) is 11.6 Å². The molecule has 192 valence electrons. The van der Waals surface area contributed by atoms with Crippen LogP contribution >= 0.6 is 11.6 Å². The van der Waals surface area contributed by atoms with Crippen LogP contribution in [-0.2, 0) is 9.47 Å². The van der Waals surface area contributed by atoms with Crippen molar-refractivity contribution in [3.8, 4) is 11.1 Å². The summed E-state index contributed by atoms with van der Waals surface area (Å²) in [6.45, 7) is 5.36. The minimum absolute atomic E-state index is 0.294. The van der Waals surface area contributed by atoms with Gasteiger partial charge in [0.15, 0.2) is 0 Å². The van der Waals surface area contributed by atoms with Gasteiger partial charge in [0.1, 0.15) is 11.6 Å². The van der Waals surface area contributed by atoms with Crippen LogP contribution in [0.5, 0.6) is 0 Å². The van der Waals surface area contributed by atoms with E-state index in [-0.39, 0.29) is 5.82 Å². The Hall–Kier alpha value is -1.93. The van der Waals surface area contributed by atoms with Gasteiger partial charge in [0.25, 0.3) is 0 Å². The average Bonchev–Trinajstić information content (AvgIpc) is 2.87. The van der Waals surface area contributed by atoms with Crippen molar-refractivity contribution >= 4 is 23.1 Å². The van der Waals surface area contributed by atoms with E-state index >= 15 is 0 Å². The van der Waals surface area contributed by atoms with E-state index in [4.69, 9.17) is 21.1 Å². The summed E-state index contributed by atoms with van der Waals surface area (Å²) in [6, 6.07) is 8.21. The molecule has 1 saturated carbocycles. The standard InChI is InChI=1S/C27H38ClFN4O2/c1-18(17-34-2)32-20-3-5-21(6-4-20)33-27-14-23(25(28)16-31-27)24-13-22(7-8-26(24)29)30-15-19-9-11-35-12-10-19/h7-8,13-14,16,18-21,30,32H,3-6,9-12,15,17H2,1-2H3,(H,31,33)/t18-,20?,21?/m0/s1. The maximum Gasteiger partial charge on any atom is 0.131 e. The molecule has 35 heavy (non-hydrogen) atoms. The Morgan fingerprint density at radius 1 is 1.09 bits per heavy atom. The number of rotatable bonds is 10. The summed E-state index contributed by atoms with van der Waals surface area (Å²) in [5.74, 6) is 1.01. The summed E-state index contributed by atoms with van der Waals surface area (Å²) in [5, 5.41) is 11.1. The predicted octanol–water partition coefficient (Wildman–Crippen LogP) is 5.73. The number of benzene rings is 1. The second-order valence-corrected chi connectivity index (χ2v) is 10.3. The van der Waals surface area contributed by atoms with E-state index in [1.165, 1.54) is 6.07 Å². The highest BCUT2D eigenvalue weighted by Gasteiger charge is 2.23. The number of methoxy groups -OCH3 is 1. The number of aromatic nitrogens is 1. The van der Waals surface area contributed by atoms with Crippen molar-refractivity contribution in [2.75, 3.05) is 44.1 Å². The van der Waals surface area contributed by atoms with Gasteiger partial charge in [-0.3, -0.25) is 0 Å². The van der Waals surface area contributed by atoms with Gasteiger partial charge < -0.3 is 25.4 Å². The predicted molar refractivity (Wildman–Crippen MR) is 141 cm³/mol. The zero-order valence-electron chi connectivity index (χ0n) is 20.8. The molecule has 2 aliphatic rings. The molecule has 1 aliphatic heterocycles. The lowest BCUT2D eigenvalue weighted by molar-refractivity contribution is 0.0699. The second kappa shape index (κ2) is 12.9. The third-order valence-electron chi connectivity index (χ3n) is 7.06. The van der Waals surface area contributed by atoms with E-state index in [9.17, 15) is 4.39 Å². The Labute approximate surface area is 213 Å². The minimum atomic E-state index is -0.294. The van der Waals surface area contributed by atoms with Crippen molar-refractivity contribution in [1.29, 1.82) is 0 Å². The Morgan fingerprint density at radius 3 is 2.57 bits per heavy atom. The van der Waals surface area contributed by atoms with Gasteiger partial charge in [-0.25, -0.2) is 9.37 Å². The molecule has 2 heterocycles. The zero-order valence-corrected chi connectivity index (χ0v) is 21.5. The largest absolute Gasteiger partial charge is 0.385 e. The number of nitrogens with zero attached hydrogens (tertiary/aromatic N) is 1. The van der Waals surface area contributed by atoms with Crippen LogP contribution in [0.2, 0.25) is 5.02 Å². The molecule has 1 aliphatic carbocycles. The molecule has 8 heteroatoms. The summed E-state index contributed by atoms with van der Waals surface area (Å²) < 4.78 is 25.5. The molecule has 0 unspecified atom stereocenters. The molecular formula is C27H38ClFN4O2. The van der Waals surface area contributed by atoms with Gasteiger partial charge >= 0.3 is 0 Å². The summed E-state index contributed by atoms with van der Waals surface area (Å²) in [6.07, 6.45) is 8.02. The molecule has 0 bridgehead atoms. The van der Waals surface area contributed by atoms with Crippen molar-refractivity contribution in [2.24, 2.45) is 5.92 Å². The SMILES string of the molecule is COC[C@H](C)NC1CCC(Nc2cc(-c3cc(NCC4CCOCC4)ccc3F)c(Cl)cn2)CC1. The first-order valence-corrected chi connectivity index (χ1v) is 13.2.